The minimum atomic E-state index is -4.44. The molecule has 7 rings (SSSR count). The standard InChI is InChI=1S/C32H29F4N3O/c1-18-4-3-5-25(33)27(18)29-28(30(40-38-29)20-6-7-20)21-16-31(17-21)10-12-39(13-11-31)22-8-9-26-23(15-22)24(32(34,35)36)14-19(2)37-26/h3-5,8-9,14-16,20H,6-7,10-13,17H2,1-2H3. The predicted octanol–water partition coefficient (Wildman–Crippen LogP) is 8.62. The van der Waals surface area contributed by atoms with Crippen LogP contribution in [0.25, 0.3) is 27.7 Å². The largest absolute Gasteiger partial charge is 0.417 e. The van der Waals surface area contributed by atoms with E-state index in [-0.39, 0.29) is 16.6 Å². The van der Waals surface area contributed by atoms with E-state index in [9.17, 15) is 17.6 Å². The molecular weight excluding hydrogens is 518 g/mol. The van der Waals surface area contributed by atoms with Crippen LogP contribution in [0.1, 0.15) is 66.2 Å². The molecule has 1 spiro atoms. The van der Waals surface area contributed by atoms with Gasteiger partial charge in [-0.2, -0.15) is 13.2 Å². The zero-order valence-corrected chi connectivity index (χ0v) is 22.4. The van der Waals surface area contributed by atoms with E-state index in [1.807, 2.05) is 19.1 Å². The third kappa shape index (κ3) is 4.19. The molecule has 0 unspecified atom stereocenters. The fourth-order valence-corrected chi connectivity index (χ4v) is 6.53. The van der Waals surface area contributed by atoms with E-state index in [0.717, 1.165) is 79.4 Å². The Kier molecular flexibility index (Phi) is 5.64. The van der Waals surface area contributed by atoms with E-state index >= 15 is 0 Å². The molecule has 0 amide bonds. The molecule has 1 saturated heterocycles. The highest BCUT2D eigenvalue weighted by atomic mass is 19.4. The second-order valence-electron chi connectivity index (χ2n) is 11.7. The normalized spacial score (nSPS) is 18.8. The number of hydrogen-bond donors (Lipinski definition) is 0. The number of alkyl halides is 3. The molecule has 4 aromatic rings. The van der Waals surface area contributed by atoms with Gasteiger partial charge in [0.05, 0.1) is 11.1 Å². The number of allylic oxidation sites excluding steroid dienone is 2. The van der Waals surface area contributed by atoms with Crippen molar-refractivity contribution in [2.24, 2.45) is 5.41 Å². The maximum Gasteiger partial charge on any atom is 0.417 e. The van der Waals surface area contributed by atoms with Crippen molar-refractivity contribution >= 4 is 22.2 Å². The Morgan fingerprint density at radius 3 is 2.42 bits per heavy atom. The minimum Gasteiger partial charge on any atom is -0.371 e. The molecule has 8 heteroatoms. The average Bonchev–Trinajstić information content (AvgIpc) is 3.65. The Hall–Kier alpha value is -3.68. The molecule has 1 aliphatic heterocycles. The zero-order valence-electron chi connectivity index (χ0n) is 22.4. The summed E-state index contributed by atoms with van der Waals surface area (Å²) in [5.41, 5.74) is 4.93. The van der Waals surface area contributed by atoms with Crippen LogP contribution in [0, 0.1) is 25.1 Å². The van der Waals surface area contributed by atoms with Gasteiger partial charge >= 0.3 is 6.18 Å². The average molecular weight is 548 g/mol. The van der Waals surface area contributed by atoms with Gasteiger partial charge in [0.1, 0.15) is 17.3 Å². The van der Waals surface area contributed by atoms with Crippen molar-refractivity contribution in [3.63, 3.8) is 0 Å². The van der Waals surface area contributed by atoms with Crippen LogP contribution in [0.3, 0.4) is 0 Å². The number of benzene rings is 2. The highest BCUT2D eigenvalue weighted by molar-refractivity contribution is 5.87. The Labute approximate surface area is 229 Å². The quantitative estimate of drug-likeness (QED) is 0.240. The predicted molar refractivity (Wildman–Crippen MR) is 147 cm³/mol. The lowest BCUT2D eigenvalue weighted by atomic mass is 9.63. The van der Waals surface area contributed by atoms with Gasteiger partial charge in [0.2, 0.25) is 0 Å². The Bertz CT molecular complexity index is 1650. The van der Waals surface area contributed by atoms with Crippen LogP contribution in [-0.4, -0.2) is 23.2 Å². The molecule has 4 nitrogen and oxygen atoms in total. The fourth-order valence-electron chi connectivity index (χ4n) is 6.53. The Morgan fingerprint density at radius 1 is 1.00 bits per heavy atom. The number of aryl methyl sites for hydroxylation is 2. The van der Waals surface area contributed by atoms with Gasteiger partial charge in [-0.25, -0.2) is 4.39 Å². The molecule has 40 heavy (non-hydrogen) atoms. The molecule has 0 N–H and O–H groups in total. The van der Waals surface area contributed by atoms with E-state index in [1.165, 1.54) is 6.07 Å². The topological polar surface area (TPSA) is 42.2 Å². The van der Waals surface area contributed by atoms with E-state index in [4.69, 9.17) is 4.52 Å². The second kappa shape index (κ2) is 8.91. The van der Waals surface area contributed by atoms with Crippen LogP contribution in [0.4, 0.5) is 23.2 Å². The Balaban J connectivity index is 1.15. The smallest absolute Gasteiger partial charge is 0.371 e. The number of aromatic nitrogens is 2. The molecule has 2 fully saturated rings. The van der Waals surface area contributed by atoms with Crippen LogP contribution in [0.5, 0.6) is 0 Å². The van der Waals surface area contributed by atoms with Gasteiger partial charge in [0, 0.05) is 46.9 Å². The van der Waals surface area contributed by atoms with Gasteiger partial charge in [0.25, 0.3) is 0 Å². The van der Waals surface area contributed by atoms with E-state index in [1.54, 1.807) is 25.1 Å². The van der Waals surface area contributed by atoms with Gasteiger partial charge in [-0.05, 0) is 92.8 Å². The first kappa shape index (κ1) is 25.3. The van der Waals surface area contributed by atoms with Gasteiger partial charge in [-0.3, -0.25) is 4.98 Å². The number of rotatable bonds is 4. The third-order valence-corrected chi connectivity index (χ3v) is 8.82. The van der Waals surface area contributed by atoms with Gasteiger partial charge < -0.3 is 9.42 Å². The summed E-state index contributed by atoms with van der Waals surface area (Å²) in [6.07, 6.45) is 2.64. The number of pyridine rings is 1. The first-order valence-corrected chi connectivity index (χ1v) is 13.8. The van der Waals surface area contributed by atoms with E-state index in [2.05, 4.69) is 21.1 Å². The summed E-state index contributed by atoms with van der Waals surface area (Å²) in [5, 5.41) is 4.50. The van der Waals surface area contributed by atoms with Crippen molar-refractivity contribution in [1.29, 1.82) is 0 Å². The van der Waals surface area contributed by atoms with Gasteiger partial charge in [-0.15, -0.1) is 0 Å². The lowest BCUT2D eigenvalue weighted by molar-refractivity contribution is -0.136. The van der Waals surface area contributed by atoms with E-state index < -0.39 is 11.7 Å². The van der Waals surface area contributed by atoms with Crippen molar-refractivity contribution < 1.29 is 22.1 Å². The van der Waals surface area contributed by atoms with Crippen LogP contribution >= 0.6 is 0 Å². The summed E-state index contributed by atoms with van der Waals surface area (Å²) in [6.45, 7) is 4.96. The Morgan fingerprint density at radius 2 is 1.75 bits per heavy atom. The van der Waals surface area contributed by atoms with E-state index in [0.29, 0.717) is 28.4 Å². The van der Waals surface area contributed by atoms with Crippen molar-refractivity contribution in [2.45, 2.75) is 58.0 Å². The van der Waals surface area contributed by atoms with Crippen LogP contribution in [0.15, 0.2) is 53.1 Å². The minimum absolute atomic E-state index is 0.0259. The fraction of sp³-hybridized carbons (Fsp3) is 0.375. The maximum absolute atomic E-state index is 14.9. The molecule has 2 aliphatic carbocycles. The molecule has 0 atom stereocenters. The van der Waals surface area contributed by atoms with Gasteiger partial charge in [0.15, 0.2) is 0 Å². The summed E-state index contributed by atoms with van der Waals surface area (Å²) < 4.78 is 62.0. The molecule has 1 saturated carbocycles. The van der Waals surface area contributed by atoms with Gasteiger partial charge in [-0.1, -0.05) is 23.4 Å². The summed E-state index contributed by atoms with van der Waals surface area (Å²) in [6, 6.07) is 11.4. The lowest BCUT2D eigenvalue weighted by Crippen LogP contribution is -2.42. The number of fused-ring (bicyclic) bond motifs is 1. The molecule has 2 aromatic carbocycles. The highest BCUT2D eigenvalue weighted by Gasteiger charge is 2.44. The number of halogens is 4. The summed E-state index contributed by atoms with van der Waals surface area (Å²) >= 11 is 0. The molecule has 0 bridgehead atoms. The molecule has 2 aromatic heterocycles. The molecular formula is C32H29F4N3O. The number of nitrogens with zero attached hydrogens (tertiary/aromatic N) is 3. The molecule has 206 valence electrons. The second-order valence-corrected chi connectivity index (χ2v) is 11.7. The number of piperidine rings is 1. The first-order valence-electron chi connectivity index (χ1n) is 13.8. The number of anilines is 1. The maximum atomic E-state index is 14.9. The molecule has 3 aliphatic rings. The SMILES string of the molecule is Cc1cc(C(F)(F)F)c2cc(N3CCC4(C=C(c5c(-c6c(C)cccc6F)noc5C5CC5)C4)CC3)ccc2n1. The molecule has 3 heterocycles. The number of hydrogen-bond acceptors (Lipinski definition) is 4. The highest BCUT2D eigenvalue weighted by Crippen LogP contribution is 2.56. The molecule has 0 radical (unpaired) electrons. The van der Waals surface area contributed by atoms with Crippen LogP contribution in [0.2, 0.25) is 0 Å². The third-order valence-electron chi connectivity index (χ3n) is 8.82. The van der Waals surface area contributed by atoms with Crippen LogP contribution < -0.4 is 4.90 Å². The first-order chi connectivity index (χ1) is 19.1. The van der Waals surface area contributed by atoms with Crippen molar-refractivity contribution in [2.75, 3.05) is 18.0 Å². The monoisotopic (exact) mass is 547 g/mol. The summed E-state index contributed by atoms with van der Waals surface area (Å²) in [5.74, 6) is 0.918. The lowest BCUT2D eigenvalue weighted by Gasteiger charge is -2.47. The zero-order chi connectivity index (χ0) is 27.8. The summed E-state index contributed by atoms with van der Waals surface area (Å²) in [4.78, 5) is 6.48. The van der Waals surface area contributed by atoms with Crippen LogP contribution in [-0.2, 0) is 6.18 Å². The van der Waals surface area contributed by atoms with Crippen molar-refractivity contribution in [3.8, 4) is 11.3 Å². The van der Waals surface area contributed by atoms with Crippen molar-refractivity contribution in [1.82, 2.24) is 10.1 Å². The summed E-state index contributed by atoms with van der Waals surface area (Å²) in [7, 11) is 0. The van der Waals surface area contributed by atoms with Crippen molar-refractivity contribution in [3.05, 3.63) is 82.5 Å².